The number of carbonyl (C=O) groups excluding carboxylic acids is 1. The van der Waals surface area contributed by atoms with Crippen molar-refractivity contribution in [2.24, 2.45) is 0 Å². The van der Waals surface area contributed by atoms with Gasteiger partial charge in [0.05, 0.1) is 21.8 Å². The molecular weight excluding hydrogens is 271 g/mol. The van der Waals surface area contributed by atoms with Crippen LogP contribution >= 0.6 is 23.2 Å². The van der Waals surface area contributed by atoms with Crippen molar-refractivity contribution in [3.05, 3.63) is 28.2 Å². The average Bonchev–Trinajstić information content (AvgIpc) is 2.35. The van der Waals surface area contributed by atoms with E-state index in [-0.39, 0.29) is 11.9 Å². The molecule has 1 aromatic rings. The molecule has 3 nitrogen and oxygen atoms in total. The molecule has 0 aliphatic rings. The molecule has 0 saturated carbocycles. The van der Waals surface area contributed by atoms with Crippen LogP contribution in [-0.2, 0) is 4.79 Å². The first-order chi connectivity index (χ1) is 8.51. The molecule has 1 aromatic carbocycles. The van der Waals surface area contributed by atoms with E-state index in [4.69, 9.17) is 23.2 Å². The predicted octanol–water partition coefficient (Wildman–Crippen LogP) is 3.66. The number of anilines is 1. The molecule has 100 valence electrons. The van der Waals surface area contributed by atoms with E-state index in [2.05, 4.69) is 10.2 Å². The van der Waals surface area contributed by atoms with E-state index in [1.807, 2.05) is 20.8 Å². The van der Waals surface area contributed by atoms with E-state index >= 15 is 0 Å². The third-order valence-corrected chi connectivity index (χ3v) is 3.58. The van der Waals surface area contributed by atoms with Crippen molar-refractivity contribution < 1.29 is 4.79 Å². The van der Waals surface area contributed by atoms with Crippen molar-refractivity contribution in [1.29, 1.82) is 0 Å². The summed E-state index contributed by atoms with van der Waals surface area (Å²) >= 11 is 12.0. The van der Waals surface area contributed by atoms with Crippen LogP contribution in [0.5, 0.6) is 0 Å². The zero-order chi connectivity index (χ0) is 13.7. The lowest BCUT2D eigenvalue weighted by Crippen LogP contribution is -2.41. The summed E-state index contributed by atoms with van der Waals surface area (Å²) in [4.78, 5) is 14.2. The Labute approximate surface area is 118 Å². The summed E-state index contributed by atoms with van der Waals surface area (Å²) in [6.07, 6.45) is 0. The van der Waals surface area contributed by atoms with Gasteiger partial charge in [0.15, 0.2) is 0 Å². The number of amides is 1. The van der Waals surface area contributed by atoms with E-state index in [1.165, 1.54) is 0 Å². The van der Waals surface area contributed by atoms with Crippen molar-refractivity contribution >= 4 is 34.8 Å². The van der Waals surface area contributed by atoms with Gasteiger partial charge in [-0.1, -0.05) is 43.1 Å². The highest BCUT2D eigenvalue weighted by molar-refractivity contribution is 6.39. The largest absolute Gasteiger partial charge is 0.322 e. The molecular formula is C13H18Cl2N2O. The number of para-hydroxylation sites is 1. The number of likely N-dealkylation sites (N-methyl/N-ethyl adjacent to an activating group) is 1. The van der Waals surface area contributed by atoms with Gasteiger partial charge in [0.1, 0.15) is 0 Å². The Balaban J connectivity index is 2.81. The SMILES string of the molecule is CCN(CC)C(C)C(=O)Nc1c(Cl)cccc1Cl. The molecule has 1 amide bonds. The number of nitrogens with zero attached hydrogens (tertiary/aromatic N) is 1. The van der Waals surface area contributed by atoms with Gasteiger partial charge in [-0.15, -0.1) is 0 Å². The minimum absolute atomic E-state index is 0.103. The molecule has 1 unspecified atom stereocenters. The van der Waals surface area contributed by atoms with Crippen molar-refractivity contribution in [3.63, 3.8) is 0 Å². The number of carbonyl (C=O) groups is 1. The first-order valence-electron chi connectivity index (χ1n) is 6.00. The van der Waals surface area contributed by atoms with Crippen molar-refractivity contribution in [1.82, 2.24) is 4.90 Å². The van der Waals surface area contributed by atoms with Crippen LogP contribution in [0.25, 0.3) is 0 Å². The first-order valence-corrected chi connectivity index (χ1v) is 6.75. The third kappa shape index (κ3) is 3.61. The predicted molar refractivity (Wildman–Crippen MR) is 77.5 cm³/mol. The van der Waals surface area contributed by atoms with Crippen LogP contribution in [0.15, 0.2) is 18.2 Å². The first kappa shape index (κ1) is 15.3. The molecule has 0 radical (unpaired) electrons. The van der Waals surface area contributed by atoms with Gasteiger partial charge in [-0.3, -0.25) is 9.69 Å². The summed E-state index contributed by atoms with van der Waals surface area (Å²) in [5, 5.41) is 3.68. The highest BCUT2D eigenvalue weighted by Gasteiger charge is 2.20. The molecule has 0 saturated heterocycles. The fraction of sp³-hybridized carbons (Fsp3) is 0.462. The second-order valence-electron chi connectivity index (χ2n) is 3.98. The lowest BCUT2D eigenvalue weighted by molar-refractivity contribution is -0.120. The van der Waals surface area contributed by atoms with E-state index in [0.717, 1.165) is 13.1 Å². The van der Waals surface area contributed by atoms with Crippen molar-refractivity contribution in [2.75, 3.05) is 18.4 Å². The monoisotopic (exact) mass is 288 g/mol. The Hall–Kier alpha value is -0.770. The van der Waals surface area contributed by atoms with Gasteiger partial charge in [0.25, 0.3) is 0 Å². The van der Waals surface area contributed by atoms with Crippen LogP contribution in [0, 0.1) is 0 Å². The Bertz CT molecular complexity index is 399. The van der Waals surface area contributed by atoms with Crippen molar-refractivity contribution in [2.45, 2.75) is 26.8 Å². The third-order valence-electron chi connectivity index (χ3n) is 2.95. The standard InChI is InChI=1S/C13H18Cl2N2O/c1-4-17(5-2)9(3)13(18)16-12-10(14)7-6-8-11(12)15/h6-9H,4-5H2,1-3H3,(H,16,18). The molecule has 0 bridgehead atoms. The summed E-state index contributed by atoms with van der Waals surface area (Å²) < 4.78 is 0. The fourth-order valence-electron chi connectivity index (χ4n) is 1.78. The van der Waals surface area contributed by atoms with E-state index < -0.39 is 0 Å². The van der Waals surface area contributed by atoms with Gasteiger partial charge < -0.3 is 5.32 Å². The maximum atomic E-state index is 12.1. The number of benzene rings is 1. The second kappa shape index (κ2) is 6.98. The summed E-state index contributed by atoms with van der Waals surface area (Å²) in [6, 6.07) is 4.93. The molecule has 1 atom stereocenters. The smallest absolute Gasteiger partial charge is 0.241 e. The molecule has 18 heavy (non-hydrogen) atoms. The number of nitrogens with one attached hydrogen (secondary N) is 1. The van der Waals surface area contributed by atoms with E-state index in [9.17, 15) is 4.79 Å². The van der Waals surface area contributed by atoms with E-state index in [0.29, 0.717) is 15.7 Å². The Morgan fingerprint density at radius 2 is 1.78 bits per heavy atom. The van der Waals surface area contributed by atoms with Crippen LogP contribution in [0.3, 0.4) is 0 Å². The number of rotatable bonds is 5. The molecule has 0 fully saturated rings. The fourth-order valence-corrected chi connectivity index (χ4v) is 2.27. The summed E-state index contributed by atoms with van der Waals surface area (Å²) in [7, 11) is 0. The normalized spacial score (nSPS) is 12.6. The number of halogens is 2. The lowest BCUT2D eigenvalue weighted by Gasteiger charge is -2.25. The summed E-state index contributed by atoms with van der Waals surface area (Å²) in [5.74, 6) is -0.103. The van der Waals surface area contributed by atoms with Crippen LogP contribution < -0.4 is 5.32 Å². The van der Waals surface area contributed by atoms with Crippen molar-refractivity contribution in [3.8, 4) is 0 Å². The van der Waals surface area contributed by atoms with Gasteiger partial charge >= 0.3 is 0 Å². The Morgan fingerprint density at radius 1 is 1.28 bits per heavy atom. The van der Waals surface area contributed by atoms with Gasteiger partial charge in [-0.25, -0.2) is 0 Å². The second-order valence-corrected chi connectivity index (χ2v) is 4.80. The highest BCUT2D eigenvalue weighted by Crippen LogP contribution is 2.29. The van der Waals surface area contributed by atoms with Gasteiger partial charge in [0.2, 0.25) is 5.91 Å². The summed E-state index contributed by atoms with van der Waals surface area (Å²) in [6.45, 7) is 7.56. The molecule has 1 rings (SSSR count). The lowest BCUT2D eigenvalue weighted by atomic mass is 10.2. The minimum Gasteiger partial charge on any atom is -0.322 e. The average molecular weight is 289 g/mol. The van der Waals surface area contributed by atoms with Crippen LogP contribution in [0.2, 0.25) is 10.0 Å². The molecule has 0 spiro atoms. The number of hydrogen-bond acceptors (Lipinski definition) is 2. The molecule has 5 heteroatoms. The highest BCUT2D eigenvalue weighted by atomic mass is 35.5. The topological polar surface area (TPSA) is 32.3 Å². The molecule has 0 aliphatic heterocycles. The Morgan fingerprint density at radius 3 is 2.22 bits per heavy atom. The molecule has 0 heterocycles. The molecule has 0 aromatic heterocycles. The minimum atomic E-state index is -0.215. The number of hydrogen-bond donors (Lipinski definition) is 1. The van der Waals surface area contributed by atoms with Gasteiger partial charge in [-0.05, 0) is 32.1 Å². The summed E-state index contributed by atoms with van der Waals surface area (Å²) in [5.41, 5.74) is 0.477. The Kier molecular flexibility index (Phi) is 5.93. The zero-order valence-corrected chi connectivity index (χ0v) is 12.3. The maximum Gasteiger partial charge on any atom is 0.241 e. The molecule has 1 N–H and O–H groups in total. The maximum absolute atomic E-state index is 12.1. The van der Waals surface area contributed by atoms with E-state index in [1.54, 1.807) is 18.2 Å². The van der Waals surface area contributed by atoms with Gasteiger partial charge in [0, 0.05) is 0 Å². The quantitative estimate of drug-likeness (QED) is 0.897. The van der Waals surface area contributed by atoms with Crippen LogP contribution in [-0.4, -0.2) is 29.9 Å². The van der Waals surface area contributed by atoms with Crippen LogP contribution in [0.4, 0.5) is 5.69 Å². The zero-order valence-electron chi connectivity index (χ0n) is 10.8. The molecule has 0 aliphatic carbocycles. The van der Waals surface area contributed by atoms with Crippen LogP contribution in [0.1, 0.15) is 20.8 Å². The van der Waals surface area contributed by atoms with Gasteiger partial charge in [-0.2, -0.15) is 0 Å².